The van der Waals surface area contributed by atoms with Crippen molar-refractivity contribution in [1.82, 2.24) is 10.2 Å². The third-order valence-electron chi connectivity index (χ3n) is 6.33. The van der Waals surface area contributed by atoms with Crippen LogP contribution in [0.2, 0.25) is 0 Å². The van der Waals surface area contributed by atoms with E-state index in [1.807, 2.05) is 30.3 Å². The molecule has 3 aliphatic rings. The van der Waals surface area contributed by atoms with E-state index < -0.39 is 12.0 Å². The van der Waals surface area contributed by atoms with Gasteiger partial charge in [-0.1, -0.05) is 49.4 Å². The summed E-state index contributed by atoms with van der Waals surface area (Å²) in [5.41, 5.74) is 7.09. The van der Waals surface area contributed by atoms with Gasteiger partial charge in [0.25, 0.3) is 0 Å². The number of amides is 3. The Morgan fingerprint density at radius 3 is 2.29 bits per heavy atom. The van der Waals surface area contributed by atoms with Gasteiger partial charge in [0.15, 0.2) is 0 Å². The number of allylic oxidation sites excluding steroid dienone is 2. The number of hydrogen-bond donors (Lipinski definition) is 2. The molecule has 3 amide bonds. The zero-order valence-corrected chi connectivity index (χ0v) is 16.6. The summed E-state index contributed by atoms with van der Waals surface area (Å²) in [7, 11) is 0. The van der Waals surface area contributed by atoms with Crippen LogP contribution in [-0.4, -0.2) is 35.7 Å². The number of rotatable bonds is 6. The standard InChI is InChI=1S/C21H25N3O3.ClH/c1-12(18(22)13-5-3-2-4-6-13)19(25)23-9-10-24-20(26)16-14-7-8-15(11-14)17(16)21(24)27;/h2-8,12,14-18H,9-11,22H2,1H3,(H,23,25);1H. The van der Waals surface area contributed by atoms with Crippen LogP contribution < -0.4 is 11.1 Å². The van der Waals surface area contributed by atoms with Gasteiger partial charge in [-0.15, -0.1) is 12.4 Å². The summed E-state index contributed by atoms with van der Waals surface area (Å²) in [6, 6.07) is 9.09. The molecule has 1 aromatic carbocycles. The summed E-state index contributed by atoms with van der Waals surface area (Å²) in [5.74, 6) is -0.693. The van der Waals surface area contributed by atoms with Crippen LogP contribution in [0.1, 0.15) is 24.9 Å². The molecule has 2 aliphatic carbocycles. The number of likely N-dealkylation sites (tertiary alicyclic amines) is 1. The molecule has 1 aromatic rings. The van der Waals surface area contributed by atoms with Crippen molar-refractivity contribution in [3.63, 3.8) is 0 Å². The lowest BCUT2D eigenvalue weighted by atomic mass is 9.85. The van der Waals surface area contributed by atoms with Gasteiger partial charge in [0.05, 0.1) is 17.8 Å². The Hall–Kier alpha value is -2.18. The lowest BCUT2D eigenvalue weighted by Crippen LogP contribution is -2.42. The van der Waals surface area contributed by atoms with Gasteiger partial charge in [-0.3, -0.25) is 19.3 Å². The fraction of sp³-hybridized carbons (Fsp3) is 0.476. The van der Waals surface area contributed by atoms with Crippen molar-refractivity contribution in [3.8, 4) is 0 Å². The molecule has 6 unspecified atom stereocenters. The van der Waals surface area contributed by atoms with Crippen molar-refractivity contribution in [2.75, 3.05) is 13.1 Å². The molecular weight excluding hydrogens is 378 g/mol. The van der Waals surface area contributed by atoms with E-state index in [9.17, 15) is 14.4 Å². The fourth-order valence-electron chi connectivity index (χ4n) is 4.76. The number of fused-ring (bicyclic) bond motifs is 5. The summed E-state index contributed by atoms with van der Waals surface area (Å²) in [6.07, 6.45) is 5.08. The van der Waals surface area contributed by atoms with Gasteiger partial charge in [0, 0.05) is 19.1 Å². The number of halogens is 1. The second kappa shape index (κ2) is 8.05. The van der Waals surface area contributed by atoms with Crippen LogP contribution in [-0.2, 0) is 14.4 Å². The van der Waals surface area contributed by atoms with Crippen LogP contribution in [0.15, 0.2) is 42.5 Å². The van der Waals surface area contributed by atoms with Crippen molar-refractivity contribution in [2.24, 2.45) is 35.3 Å². The zero-order chi connectivity index (χ0) is 19.1. The second-order valence-corrected chi connectivity index (χ2v) is 7.84. The lowest BCUT2D eigenvalue weighted by Gasteiger charge is -2.21. The maximum absolute atomic E-state index is 12.6. The number of benzene rings is 1. The van der Waals surface area contributed by atoms with E-state index in [-0.39, 0.29) is 66.9 Å². The third kappa shape index (κ3) is 3.35. The fourth-order valence-corrected chi connectivity index (χ4v) is 4.76. The summed E-state index contributed by atoms with van der Waals surface area (Å²) in [6.45, 7) is 2.26. The molecule has 1 saturated carbocycles. The van der Waals surface area contributed by atoms with Crippen LogP contribution in [0.3, 0.4) is 0 Å². The molecule has 4 rings (SSSR count). The van der Waals surface area contributed by atoms with Gasteiger partial charge in [-0.2, -0.15) is 0 Å². The van der Waals surface area contributed by atoms with Crippen LogP contribution in [0.25, 0.3) is 0 Å². The van der Waals surface area contributed by atoms with Gasteiger partial charge in [0.2, 0.25) is 17.7 Å². The molecule has 1 aliphatic heterocycles. The number of nitrogens with two attached hydrogens (primary N) is 1. The summed E-state index contributed by atoms with van der Waals surface area (Å²) < 4.78 is 0. The van der Waals surface area contributed by atoms with E-state index in [4.69, 9.17) is 5.73 Å². The van der Waals surface area contributed by atoms with Crippen LogP contribution in [0.4, 0.5) is 0 Å². The molecule has 150 valence electrons. The number of imide groups is 1. The average molecular weight is 404 g/mol. The third-order valence-corrected chi connectivity index (χ3v) is 6.33. The summed E-state index contributed by atoms with van der Waals surface area (Å²) in [4.78, 5) is 39.0. The summed E-state index contributed by atoms with van der Waals surface area (Å²) >= 11 is 0. The van der Waals surface area contributed by atoms with Gasteiger partial charge in [0.1, 0.15) is 0 Å². The first-order chi connectivity index (χ1) is 13.0. The van der Waals surface area contributed by atoms with E-state index in [0.717, 1.165) is 12.0 Å². The maximum atomic E-state index is 12.6. The van der Waals surface area contributed by atoms with Crippen molar-refractivity contribution >= 4 is 30.1 Å². The molecular formula is C21H26ClN3O3. The highest BCUT2D eigenvalue weighted by molar-refractivity contribution is 6.06. The average Bonchev–Trinajstić information content (AvgIpc) is 3.37. The Morgan fingerprint density at radius 1 is 1.14 bits per heavy atom. The zero-order valence-electron chi connectivity index (χ0n) is 15.8. The van der Waals surface area contributed by atoms with E-state index in [1.165, 1.54) is 4.90 Å². The van der Waals surface area contributed by atoms with Crippen LogP contribution in [0, 0.1) is 29.6 Å². The predicted molar refractivity (Wildman–Crippen MR) is 107 cm³/mol. The van der Waals surface area contributed by atoms with E-state index in [1.54, 1.807) is 6.92 Å². The smallest absolute Gasteiger partial charge is 0.233 e. The molecule has 1 heterocycles. The minimum absolute atomic E-state index is 0. The highest BCUT2D eigenvalue weighted by Gasteiger charge is 2.58. The second-order valence-electron chi connectivity index (χ2n) is 7.84. The lowest BCUT2D eigenvalue weighted by molar-refractivity contribution is -0.141. The minimum atomic E-state index is -0.406. The van der Waals surface area contributed by atoms with Crippen molar-refractivity contribution in [1.29, 1.82) is 0 Å². The first-order valence-corrected chi connectivity index (χ1v) is 9.61. The van der Waals surface area contributed by atoms with E-state index >= 15 is 0 Å². The Labute approximate surface area is 170 Å². The molecule has 1 saturated heterocycles. The Bertz CT molecular complexity index is 767. The molecule has 0 aromatic heterocycles. The predicted octanol–water partition coefficient (Wildman–Crippen LogP) is 1.67. The minimum Gasteiger partial charge on any atom is -0.354 e. The van der Waals surface area contributed by atoms with Gasteiger partial charge in [-0.25, -0.2) is 0 Å². The monoisotopic (exact) mass is 403 g/mol. The Balaban J connectivity index is 0.00000225. The molecule has 28 heavy (non-hydrogen) atoms. The van der Waals surface area contributed by atoms with Crippen molar-refractivity contribution in [3.05, 3.63) is 48.0 Å². The normalized spacial score (nSPS) is 29.4. The number of nitrogens with zero attached hydrogens (tertiary/aromatic N) is 1. The topological polar surface area (TPSA) is 92.5 Å². The summed E-state index contributed by atoms with van der Waals surface area (Å²) in [5, 5.41) is 2.82. The first-order valence-electron chi connectivity index (χ1n) is 9.61. The number of carbonyl (C=O) groups is 3. The molecule has 0 spiro atoms. The number of hydrogen-bond acceptors (Lipinski definition) is 4. The Morgan fingerprint density at radius 2 is 1.71 bits per heavy atom. The number of nitrogens with one attached hydrogen (secondary N) is 1. The molecule has 6 nitrogen and oxygen atoms in total. The molecule has 2 bridgehead atoms. The van der Waals surface area contributed by atoms with Crippen molar-refractivity contribution in [2.45, 2.75) is 19.4 Å². The van der Waals surface area contributed by atoms with E-state index in [0.29, 0.717) is 0 Å². The quantitative estimate of drug-likeness (QED) is 0.558. The number of carbonyl (C=O) groups excluding carboxylic acids is 3. The van der Waals surface area contributed by atoms with Gasteiger partial charge >= 0.3 is 0 Å². The van der Waals surface area contributed by atoms with Crippen molar-refractivity contribution < 1.29 is 14.4 Å². The molecule has 6 atom stereocenters. The maximum Gasteiger partial charge on any atom is 0.233 e. The van der Waals surface area contributed by atoms with E-state index in [2.05, 4.69) is 17.5 Å². The molecule has 0 radical (unpaired) electrons. The van der Waals surface area contributed by atoms with Gasteiger partial charge in [-0.05, 0) is 23.8 Å². The molecule has 7 heteroatoms. The molecule has 2 fully saturated rings. The van der Waals surface area contributed by atoms with Crippen LogP contribution in [0.5, 0.6) is 0 Å². The first kappa shape index (κ1) is 20.6. The Kier molecular flexibility index (Phi) is 5.91. The SMILES string of the molecule is CC(C(=O)NCCN1C(=O)C2C3C=CC(C3)C2C1=O)C(N)c1ccccc1.Cl. The van der Waals surface area contributed by atoms with Gasteiger partial charge < -0.3 is 11.1 Å². The van der Waals surface area contributed by atoms with Crippen LogP contribution >= 0.6 is 12.4 Å². The highest BCUT2D eigenvalue weighted by atomic mass is 35.5. The largest absolute Gasteiger partial charge is 0.354 e. The molecule has 3 N–H and O–H groups in total. The highest BCUT2D eigenvalue weighted by Crippen LogP contribution is 2.52.